The lowest BCUT2D eigenvalue weighted by atomic mass is 10.2. The number of aromatic amines is 1. The van der Waals surface area contributed by atoms with Crippen molar-refractivity contribution in [2.45, 2.75) is 6.42 Å². The van der Waals surface area contributed by atoms with E-state index in [2.05, 4.69) is 9.88 Å². The van der Waals surface area contributed by atoms with E-state index >= 15 is 0 Å². The van der Waals surface area contributed by atoms with Gasteiger partial charge in [-0.05, 0) is 38.7 Å². The van der Waals surface area contributed by atoms with Crippen LogP contribution in [0.3, 0.4) is 0 Å². The molecule has 4 N–H and O–H groups in total. The number of halogens is 2. The molecule has 2 aromatic rings. The summed E-state index contributed by atoms with van der Waals surface area (Å²) in [6.45, 7) is 1.49. The molecule has 0 aliphatic carbocycles. The van der Waals surface area contributed by atoms with Gasteiger partial charge in [-0.3, -0.25) is 15.1 Å². The Hall–Kier alpha value is -1.96. The second kappa shape index (κ2) is 8.94. The second-order valence-corrected chi connectivity index (χ2v) is 6.18. The van der Waals surface area contributed by atoms with Crippen LogP contribution in [0.1, 0.15) is 16.9 Å². The summed E-state index contributed by atoms with van der Waals surface area (Å²) < 4.78 is 5.82. The van der Waals surface area contributed by atoms with E-state index in [0.29, 0.717) is 34.0 Å². The number of carbonyl (C=O) groups is 1. The third-order valence-electron chi connectivity index (χ3n) is 3.61. The molecular formula is C16H23Cl2N5O2. The van der Waals surface area contributed by atoms with E-state index in [1.54, 1.807) is 18.2 Å². The summed E-state index contributed by atoms with van der Waals surface area (Å²) in [5.41, 5.74) is 6.31. The first kappa shape index (κ1) is 21.1. The average Bonchev–Trinajstić information content (AvgIpc) is 2.97. The maximum absolute atomic E-state index is 12.3. The minimum Gasteiger partial charge on any atom is -0.491 e. The van der Waals surface area contributed by atoms with Gasteiger partial charge in [0.25, 0.3) is 5.91 Å². The highest BCUT2D eigenvalue weighted by atomic mass is 35.5. The summed E-state index contributed by atoms with van der Waals surface area (Å²) in [6.07, 6.45) is 0.886. The fourth-order valence-electron chi connectivity index (χ4n) is 2.25. The summed E-state index contributed by atoms with van der Waals surface area (Å²) in [5, 5.41) is 8.58. The SMILES string of the molecule is CN(C)CCCOc1ccc(Cl)c2cc(C(=O)N(C)C(=N)N)[nH]c12.Cl. The zero-order chi connectivity index (χ0) is 17.9. The molecule has 0 aliphatic heterocycles. The smallest absolute Gasteiger partial charge is 0.276 e. The first-order chi connectivity index (χ1) is 11.3. The Labute approximate surface area is 158 Å². The molecule has 9 heteroatoms. The van der Waals surface area contributed by atoms with Gasteiger partial charge >= 0.3 is 0 Å². The van der Waals surface area contributed by atoms with E-state index in [4.69, 9.17) is 27.5 Å². The van der Waals surface area contributed by atoms with Crippen molar-refractivity contribution in [2.24, 2.45) is 5.73 Å². The number of guanidine groups is 1. The maximum Gasteiger partial charge on any atom is 0.276 e. The predicted octanol–water partition coefficient (Wildman–Crippen LogP) is 2.54. The predicted molar refractivity (Wildman–Crippen MR) is 103 cm³/mol. The van der Waals surface area contributed by atoms with Crippen molar-refractivity contribution in [1.82, 2.24) is 14.8 Å². The molecule has 2 rings (SSSR count). The average molecular weight is 388 g/mol. The van der Waals surface area contributed by atoms with Crippen LogP contribution in [0, 0.1) is 5.41 Å². The number of nitrogens with two attached hydrogens (primary N) is 1. The Bertz CT molecular complexity index is 760. The minimum atomic E-state index is -0.409. The van der Waals surface area contributed by atoms with Crippen LogP contribution >= 0.6 is 24.0 Å². The van der Waals surface area contributed by atoms with Gasteiger partial charge in [0.1, 0.15) is 11.4 Å². The summed E-state index contributed by atoms with van der Waals surface area (Å²) in [6, 6.07) is 5.16. The Morgan fingerprint density at radius 2 is 2.04 bits per heavy atom. The Kier molecular flexibility index (Phi) is 7.54. The summed E-state index contributed by atoms with van der Waals surface area (Å²) in [5.74, 6) is -0.101. The minimum absolute atomic E-state index is 0. The molecule has 138 valence electrons. The van der Waals surface area contributed by atoms with Gasteiger partial charge in [-0.2, -0.15) is 0 Å². The monoisotopic (exact) mass is 387 g/mol. The van der Waals surface area contributed by atoms with E-state index in [1.165, 1.54) is 7.05 Å². The van der Waals surface area contributed by atoms with Gasteiger partial charge in [-0.1, -0.05) is 11.6 Å². The molecule has 1 aromatic heterocycles. The molecule has 0 atom stereocenters. The standard InChI is InChI=1S/C16H22ClN5O2.ClH/c1-21(2)7-4-8-24-13-6-5-11(17)10-9-12(20-14(10)13)15(23)22(3)16(18)19;/h5-6,9,20H,4,7-8H2,1-3H3,(H3,18,19);1H. The number of ether oxygens (including phenoxy) is 1. The topological polar surface area (TPSA) is 98.4 Å². The van der Waals surface area contributed by atoms with Gasteiger partial charge in [-0.25, -0.2) is 0 Å². The molecule has 0 fully saturated rings. The number of aromatic nitrogens is 1. The van der Waals surface area contributed by atoms with Crippen molar-refractivity contribution in [3.8, 4) is 5.75 Å². The molecule has 7 nitrogen and oxygen atoms in total. The molecule has 25 heavy (non-hydrogen) atoms. The summed E-state index contributed by atoms with van der Waals surface area (Å²) in [4.78, 5) is 18.5. The molecule has 1 heterocycles. The van der Waals surface area contributed by atoms with Crippen molar-refractivity contribution in [2.75, 3.05) is 34.3 Å². The fraction of sp³-hybridized carbons (Fsp3) is 0.375. The van der Waals surface area contributed by atoms with Crippen LogP contribution in [0.2, 0.25) is 5.02 Å². The molecule has 0 bridgehead atoms. The molecule has 0 saturated heterocycles. The molecule has 0 unspecified atom stereocenters. The first-order valence-electron chi connectivity index (χ1n) is 7.52. The number of carbonyl (C=O) groups excluding carboxylic acids is 1. The highest BCUT2D eigenvalue weighted by Crippen LogP contribution is 2.32. The van der Waals surface area contributed by atoms with Crippen molar-refractivity contribution in [3.05, 3.63) is 28.9 Å². The van der Waals surface area contributed by atoms with Crippen molar-refractivity contribution in [1.29, 1.82) is 5.41 Å². The second-order valence-electron chi connectivity index (χ2n) is 5.77. The molecule has 0 spiro atoms. The largest absolute Gasteiger partial charge is 0.491 e. The van der Waals surface area contributed by atoms with E-state index in [9.17, 15) is 4.79 Å². The van der Waals surface area contributed by atoms with E-state index in [-0.39, 0.29) is 18.4 Å². The number of amides is 1. The van der Waals surface area contributed by atoms with Crippen molar-refractivity contribution >= 4 is 46.8 Å². The lowest BCUT2D eigenvalue weighted by molar-refractivity contribution is 0.0864. The molecule has 0 radical (unpaired) electrons. The fourth-order valence-corrected chi connectivity index (χ4v) is 2.46. The van der Waals surface area contributed by atoms with Gasteiger partial charge in [-0.15, -0.1) is 12.4 Å². The van der Waals surface area contributed by atoms with Gasteiger partial charge in [0.05, 0.1) is 17.1 Å². The lowest BCUT2D eigenvalue weighted by Gasteiger charge is -2.13. The van der Waals surface area contributed by atoms with Crippen LogP contribution in [0.25, 0.3) is 10.9 Å². The zero-order valence-corrected chi connectivity index (χ0v) is 16.0. The first-order valence-corrected chi connectivity index (χ1v) is 7.90. The maximum atomic E-state index is 12.3. The van der Waals surface area contributed by atoms with Crippen LogP contribution in [0.5, 0.6) is 5.75 Å². The quantitative estimate of drug-likeness (QED) is 0.402. The van der Waals surface area contributed by atoms with Crippen LogP contribution in [-0.2, 0) is 0 Å². The molecule has 0 saturated carbocycles. The van der Waals surface area contributed by atoms with Crippen molar-refractivity contribution in [3.63, 3.8) is 0 Å². The number of fused-ring (bicyclic) bond motifs is 1. The number of hydrogen-bond acceptors (Lipinski definition) is 4. The molecular weight excluding hydrogens is 365 g/mol. The number of rotatable bonds is 6. The Balaban J connectivity index is 0.00000312. The number of nitrogens with one attached hydrogen (secondary N) is 2. The third-order valence-corrected chi connectivity index (χ3v) is 3.94. The van der Waals surface area contributed by atoms with E-state index in [1.807, 2.05) is 14.1 Å². The molecule has 1 amide bonds. The highest BCUT2D eigenvalue weighted by Gasteiger charge is 2.19. The van der Waals surface area contributed by atoms with E-state index < -0.39 is 5.91 Å². The van der Waals surface area contributed by atoms with Gasteiger partial charge < -0.3 is 20.4 Å². The number of hydrogen-bond donors (Lipinski definition) is 3. The van der Waals surface area contributed by atoms with Crippen LogP contribution in [-0.4, -0.2) is 60.9 Å². The van der Waals surface area contributed by atoms with Gasteiger partial charge in [0.15, 0.2) is 5.96 Å². The van der Waals surface area contributed by atoms with E-state index in [0.717, 1.165) is 17.9 Å². The van der Waals surface area contributed by atoms with Crippen LogP contribution in [0.15, 0.2) is 18.2 Å². The number of benzene rings is 1. The zero-order valence-electron chi connectivity index (χ0n) is 14.4. The van der Waals surface area contributed by atoms with Crippen LogP contribution < -0.4 is 10.5 Å². The molecule has 1 aromatic carbocycles. The lowest BCUT2D eigenvalue weighted by Crippen LogP contribution is -2.38. The normalized spacial score (nSPS) is 10.6. The molecule has 0 aliphatic rings. The third kappa shape index (κ3) is 5.01. The Morgan fingerprint density at radius 3 is 2.64 bits per heavy atom. The summed E-state index contributed by atoms with van der Waals surface area (Å²) >= 11 is 6.22. The Morgan fingerprint density at radius 1 is 1.36 bits per heavy atom. The van der Waals surface area contributed by atoms with Gasteiger partial charge in [0, 0.05) is 19.0 Å². The van der Waals surface area contributed by atoms with Gasteiger partial charge in [0.2, 0.25) is 0 Å². The van der Waals surface area contributed by atoms with Crippen molar-refractivity contribution < 1.29 is 9.53 Å². The van der Waals surface area contributed by atoms with Crippen LogP contribution in [0.4, 0.5) is 0 Å². The highest BCUT2D eigenvalue weighted by molar-refractivity contribution is 6.35. The number of nitrogens with zero attached hydrogens (tertiary/aromatic N) is 2. The number of H-pyrrole nitrogens is 1. The summed E-state index contributed by atoms with van der Waals surface area (Å²) in [7, 11) is 5.46.